The molecule has 0 saturated heterocycles. The quantitative estimate of drug-likeness (QED) is 0.608. The second-order valence-electron chi connectivity index (χ2n) is 7.97. The molecular weight excluding hydrogens is 394 g/mol. The zero-order valence-corrected chi connectivity index (χ0v) is 18.2. The normalized spacial score (nSPS) is 10.9. The maximum Gasteiger partial charge on any atom is 0.345 e. The molecule has 0 bridgehead atoms. The molecule has 7 heteroatoms. The summed E-state index contributed by atoms with van der Waals surface area (Å²) < 4.78 is 5.60. The average Bonchev–Trinajstić information content (AvgIpc) is 2.73. The van der Waals surface area contributed by atoms with Crippen molar-refractivity contribution in [3.8, 4) is 34.0 Å². The molecule has 0 spiro atoms. The first kappa shape index (κ1) is 22.1. The van der Waals surface area contributed by atoms with E-state index in [9.17, 15) is 14.7 Å². The number of aromatic amines is 1. The first-order valence-electron chi connectivity index (χ1n) is 10.1. The number of amides is 1. The van der Waals surface area contributed by atoms with Gasteiger partial charge in [-0.3, -0.25) is 4.79 Å². The van der Waals surface area contributed by atoms with Gasteiger partial charge in [-0.25, -0.2) is 4.79 Å². The molecule has 3 aromatic rings. The number of phenolic OH excluding ortho intramolecular Hbond substituents is 1. The fraction of sp³-hybridized carbons (Fsp3) is 0.292. The van der Waals surface area contributed by atoms with Gasteiger partial charge in [-0.1, -0.05) is 13.8 Å². The van der Waals surface area contributed by atoms with E-state index in [2.05, 4.69) is 23.8 Å². The summed E-state index contributed by atoms with van der Waals surface area (Å²) >= 11 is 0. The summed E-state index contributed by atoms with van der Waals surface area (Å²) in [5, 5.41) is 9.73. The predicted octanol–water partition coefficient (Wildman–Crippen LogP) is 3.61. The van der Waals surface area contributed by atoms with Gasteiger partial charge >= 0.3 is 5.69 Å². The molecule has 0 atom stereocenters. The Bertz CT molecular complexity index is 1120. The number of hydrogen-bond acceptors (Lipinski definition) is 5. The van der Waals surface area contributed by atoms with Crippen LogP contribution in [-0.4, -0.2) is 46.1 Å². The van der Waals surface area contributed by atoms with Gasteiger partial charge in [0.1, 0.15) is 11.5 Å². The minimum atomic E-state index is -0.461. The van der Waals surface area contributed by atoms with Crippen molar-refractivity contribution in [1.29, 1.82) is 0 Å². The molecule has 0 unspecified atom stereocenters. The van der Waals surface area contributed by atoms with Gasteiger partial charge in [0, 0.05) is 19.2 Å². The molecule has 0 aliphatic rings. The van der Waals surface area contributed by atoms with Crippen LogP contribution < -0.4 is 10.4 Å². The number of likely N-dealkylation sites (N-methyl/N-ethyl adjacent to an activating group) is 1. The van der Waals surface area contributed by atoms with E-state index in [1.807, 2.05) is 12.1 Å². The van der Waals surface area contributed by atoms with Crippen LogP contribution in [0.2, 0.25) is 0 Å². The van der Waals surface area contributed by atoms with Gasteiger partial charge in [0.2, 0.25) is 0 Å². The number of hydrogen-bond donors (Lipinski definition) is 2. The van der Waals surface area contributed by atoms with Crippen LogP contribution in [0.25, 0.3) is 22.5 Å². The van der Waals surface area contributed by atoms with Crippen molar-refractivity contribution in [2.24, 2.45) is 5.92 Å². The number of rotatable bonds is 7. The van der Waals surface area contributed by atoms with E-state index < -0.39 is 5.69 Å². The van der Waals surface area contributed by atoms with Crippen LogP contribution in [-0.2, 0) is 4.79 Å². The summed E-state index contributed by atoms with van der Waals surface area (Å²) in [6.07, 6.45) is 0. The SMILES string of the molecule is Cc1cc(-c2cc(-c3ccc(OCC(=O)N(C)CC(C)C)cc3)[nH]c(=O)n2)ccc1O. The van der Waals surface area contributed by atoms with Crippen molar-refractivity contribution in [1.82, 2.24) is 14.9 Å². The number of aryl methyl sites for hydroxylation is 1. The molecule has 1 heterocycles. The second kappa shape index (κ2) is 9.47. The molecule has 2 N–H and O–H groups in total. The average molecular weight is 421 g/mol. The second-order valence-corrected chi connectivity index (χ2v) is 7.97. The molecule has 1 aromatic heterocycles. The summed E-state index contributed by atoms with van der Waals surface area (Å²) in [4.78, 5) is 32.7. The third-order valence-electron chi connectivity index (χ3n) is 4.83. The van der Waals surface area contributed by atoms with Crippen molar-refractivity contribution in [3.05, 3.63) is 64.6 Å². The van der Waals surface area contributed by atoms with E-state index in [1.165, 1.54) is 0 Å². The third kappa shape index (κ3) is 5.72. The number of nitrogens with zero attached hydrogens (tertiary/aromatic N) is 2. The zero-order valence-electron chi connectivity index (χ0n) is 18.2. The van der Waals surface area contributed by atoms with E-state index in [0.29, 0.717) is 35.2 Å². The van der Waals surface area contributed by atoms with Gasteiger partial charge in [-0.05, 0) is 72.5 Å². The molecule has 162 valence electrons. The molecule has 0 aliphatic heterocycles. The van der Waals surface area contributed by atoms with Crippen LogP contribution >= 0.6 is 0 Å². The number of carbonyl (C=O) groups excluding carboxylic acids is 1. The summed E-state index contributed by atoms with van der Waals surface area (Å²) in [6.45, 7) is 6.55. The van der Waals surface area contributed by atoms with Crippen LogP contribution in [0.1, 0.15) is 19.4 Å². The van der Waals surface area contributed by atoms with E-state index in [4.69, 9.17) is 4.74 Å². The number of carbonyl (C=O) groups is 1. The molecule has 3 rings (SSSR count). The van der Waals surface area contributed by atoms with Crippen LogP contribution in [0, 0.1) is 12.8 Å². The first-order chi connectivity index (χ1) is 14.7. The number of ether oxygens (including phenoxy) is 1. The Morgan fingerprint density at radius 1 is 1.13 bits per heavy atom. The summed E-state index contributed by atoms with van der Waals surface area (Å²) in [5.74, 6) is 1.08. The van der Waals surface area contributed by atoms with Gasteiger partial charge in [0.05, 0.1) is 11.4 Å². The van der Waals surface area contributed by atoms with E-state index in [-0.39, 0.29) is 18.3 Å². The highest BCUT2D eigenvalue weighted by molar-refractivity contribution is 5.77. The Balaban J connectivity index is 1.75. The van der Waals surface area contributed by atoms with E-state index in [1.54, 1.807) is 55.3 Å². The van der Waals surface area contributed by atoms with Gasteiger partial charge in [0.15, 0.2) is 6.61 Å². The molecule has 0 saturated carbocycles. The lowest BCUT2D eigenvalue weighted by atomic mass is 10.1. The molecule has 0 radical (unpaired) electrons. The summed E-state index contributed by atoms with van der Waals surface area (Å²) in [7, 11) is 1.77. The highest BCUT2D eigenvalue weighted by Gasteiger charge is 2.12. The monoisotopic (exact) mass is 421 g/mol. The number of nitrogens with one attached hydrogen (secondary N) is 1. The lowest BCUT2D eigenvalue weighted by Crippen LogP contribution is -2.34. The van der Waals surface area contributed by atoms with E-state index >= 15 is 0 Å². The van der Waals surface area contributed by atoms with Crippen LogP contribution in [0.15, 0.2) is 53.3 Å². The van der Waals surface area contributed by atoms with Crippen molar-refractivity contribution in [2.75, 3.05) is 20.2 Å². The lowest BCUT2D eigenvalue weighted by Gasteiger charge is -2.19. The number of aromatic hydroxyl groups is 1. The van der Waals surface area contributed by atoms with Gasteiger partial charge in [0.25, 0.3) is 5.91 Å². The highest BCUT2D eigenvalue weighted by atomic mass is 16.5. The maximum absolute atomic E-state index is 12.1. The minimum absolute atomic E-state index is 0.0288. The minimum Gasteiger partial charge on any atom is -0.508 e. The molecule has 0 fully saturated rings. The van der Waals surface area contributed by atoms with Crippen molar-refractivity contribution >= 4 is 5.91 Å². The first-order valence-corrected chi connectivity index (χ1v) is 10.1. The Morgan fingerprint density at radius 3 is 2.45 bits per heavy atom. The Morgan fingerprint density at radius 2 is 1.81 bits per heavy atom. The van der Waals surface area contributed by atoms with Gasteiger partial charge in [-0.15, -0.1) is 0 Å². The fourth-order valence-electron chi connectivity index (χ4n) is 3.21. The Labute approximate surface area is 181 Å². The topological polar surface area (TPSA) is 95.5 Å². The van der Waals surface area contributed by atoms with Crippen molar-refractivity contribution < 1.29 is 14.6 Å². The molecule has 0 aliphatic carbocycles. The standard InChI is InChI=1S/C24H27N3O4/c1-15(2)13-27(4)23(29)14-31-19-8-5-17(6-9-19)20-12-21(26-24(30)25-20)18-7-10-22(28)16(3)11-18/h5-12,15,28H,13-14H2,1-4H3,(H,25,26,30). The van der Waals surface area contributed by atoms with Crippen molar-refractivity contribution in [3.63, 3.8) is 0 Å². The number of H-pyrrole nitrogens is 1. The molecule has 2 aromatic carbocycles. The Kier molecular flexibility index (Phi) is 6.74. The van der Waals surface area contributed by atoms with E-state index in [0.717, 1.165) is 11.1 Å². The van der Waals surface area contributed by atoms with Gasteiger partial charge < -0.3 is 19.7 Å². The molecular formula is C24H27N3O4. The third-order valence-corrected chi connectivity index (χ3v) is 4.83. The summed E-state index contributed by atoms with van der Waals surface area (Å²) in [6, 6.07) is 14.0. The zero-order chi connectivity index (χ0) is 22.5. The number of phenols is 1. The van der Waals surface area contributed by atoms with Crippen LogP contribution in [0.5, 0.6) is 11.5 Å². The largest absolute Gasteiger partial charge is 0.508 e. The maximum atomic E-state index is 12.1. The van der Waals surface area contributed by atoms with Gasteiger partial charge in [-0.2, -0.15) is 4.98 Å². The van der Waals surface area contributed by atoms with Crippen LogP contribution in [0.4, 0.5) is 0 Å². The number of benzene rings is 2. The molecule has 31 heavy (non-hydrogen) atoms. The fourth-order valence-corrected chi connectivity index (χ4v) is 3.21. The molecule has 7 nitrogen and oxygen atoms in total. The smallest absolute Gasteiger partial charge is 0.345 e. The Hall–Kier alpha value is -3.61. The molecule has 1 amide bonds. The summed E-state index contributed by atoms with van der Waals surface area (Å²) in [5.41, 5.74) is 2.90. The van der Waals surface area contributed by atoms with Crippen LogP contribution in [0.3, 0.4) is 0 Å². The predicted molar refractivity (Wildman–Crippen MR) is 120 cm³/mol. The lowest BCUT2D eigenvalue weighted by molar-refractivity contribution is -0.132. The van der Waals surface area contributed by atoms with Crippen molar-refractivity contribution in [2.45, 2.75) is 20.8 Å². The number of aromatic nitrogens is 2. The highest BCUT2D eigenvalue weighted by Crippen LogP contribution is 2.26.